The molecule has 0 saturated heterocycles. The molecule has 2 aromatic carbocycles. The molecule has 0 bridgehead atoms. The van der Waals surface area contributed by atoms with E-state index in [2.05, 4.69) is 11.8 Å². The van der Waals surface area contributed by atoms with Crippen molar-refractivity contribution in [3.63, 3.8) is 0 Å². The first-order chi connectivity index (χ1) is 8.83. The standard InChI is InChI=1S/C16H9NO/c17-12-6-10-13-7-4-5-11-15(13)16(18)14-8-2-1-3-9-14/h1-5,7-9,11H. The van der Waals surface area contributed by atoms with Crippen LogP contribution in [0.2, 0.25) is 0 Å². The van der Waals surface area contributed by atoms with Crippen LogP contribution in [0.5, 0.6) is 0 Å². The van der Waals surface area contributed by atoms with Gasteiger partial charge in [0.1, 0.15) is 0 Å². The number of rotatable bonds is 2. The van der Waals surface area contributed by atoms with Crippen LogP contribution in [0.3, 0.4) is 0 Å². The first-order valence-electron chi connectivity index (χ1n) is 5.42. The van der Waals surface area contributed by atoms with E-state index in [0.717, 1.165) is 0 Å². The molecule has 0 atom stereocenters. The summed E-state index contributed by atoms with van der Waals surface area (Å²) < 4.78 is 0. The molecule has 2 nitrogen and oxygen atoms in total. The van der Waals surface area contributed by atoms with E-state index in [1.165, 1.54) is 0 Å². The first-order valence-corrected chi connectivity index (χ1v) is 5.42. The summed E-state index contributed by atoms with van der Waals surface area (Å²) in [6.45, 7) is 0. The summed E-state index contributed by atoms with van der Waals surface area (Å²) in [7, 11) is 0. The average Bonchev–Trinajstić information content (AvgIpc) is 2.45. The summed E-state index contributed by atoms with van der Waals surface area (Å²) in [5, 5.41) is 8.47. The van der Waals surface area contributed by atoms with E-state index < -0.39 is 0 Å². The van der Waals surface area contributed by atoms with Gasteiger partial charge in [0.15, 0.2) is 11.9 Å². The van der Waals surface area contributed by atoms with Crippen molar-refractivity contribution in [3.8, 4) is 17.9 Å². The van der Waals surface area contributed by atoms with Gasteiger partial charge in [-0.15, -0.1) is 0 Å². The Morgan fingerprint density at radius 1 is 0.944 bits per heavy atom. The van der Waals surface area contributed by atoms with E-state index in [-0.39, 0.29) is 5.78 Å². The van der Waals surface area contributed by atoms with E-state index in [1.807, 2.05) is 18.2 Å². The van der Waals surface area contributed by atoms with Crippen LogP contribution in [-0.4, -0.2) is 5.78 Å². The molecule has 2 rings (SSSR count). The molecule has 0 aromatic heterocycles. The Labute approximate surface area is 106 Å². The van der Waals surface area contributed by atoms with Crippen LogP contribution in [0.1, 0.15) is 21.5 Å². The van der Waals surface area contributed by atoms with Gasteiger partial charge < -0.3 is 0 Å². The lowest BCUT2D eigenvalue weighted by Gasteiger charge is -2.03. The lowest BCUT2D eigenvalue weighted by molar-refractivity contribution is 0.103. The minimum absolute atomic E-state index is 0.0848. The number of ketones is 1. The third-order valence-corrected chi connectivity index (χ3v) is 2.46. The third kappa shape index (κ3) is 2.45. The van der Waals surface area contributed by atoms with Crippen molar-refractivity contribution >= 4 is 5.78 Å². The minimum atomic E-state index is -0.0848. The maximum atomic E-state index is 12.3. The lowest BCUT2D eigenvalue weighted by Crippen LogP contribution is -2.03. The Balaban J connectivity index is 2.47. The van der Waals surface area contributed by atoms with Gasteiger partial charge >= 0.3 is 0 Å². The van der Waals surface area contributed by atoms with E-state index in [1.54, 1.807) is 42.5 Å². The monoisotopic (exact) mass is 231 g/mol. The molecule has 0 aliphatic carbocycles. The maximum Gasteiger partial charge on any atom is 0.194 e. The fraction of sp³-hybridized carbons (Fsp3) is 0. The molecule has 18 heavy (non-hydrogen) atoms. The zero-order valence-electron chi connectivity index (χ0n) is 9.55. The Bertz CT molecular complexity index is 669. The second-order valence-electron chi connectivity index (χ2n) is 3.60. The number of hydrogen-bond acceptors (Lipinski definition) is 2. The van der Waals surface area contributed by atoms with Crippen LogP contribution < -0.4 is 0 Å². The number of nitrogens with zero attached hydrogens (tertiary/aromatic N) is 1. The van der Waals surface area contributed by atoms with Crippen molar-refractivity contribution in [2.45, 2.75) is 0 Å². The lowest BCUT2D eigenvalue weighted by atomic mass is 9.99. The normalized spacial score (nSPS) is 8.83. The van der Waals surface area contributed by atoms with Crippen molar-refractivity contribution < 1.29 is 4.79 Å². The summed E-state index contributed by atoms with van der Waals surface area (Å²) in [6.07, 6.45) is 0. The molecule has 2 heteroatoms. The van der Waals surface area contributed by atoms with Gasteiger partial charge in [-0.2, -0.15) is 5.26 Å². The van der Waals surface area contributed by atoms with Gasteiger partial charge in [-0.1, -0.05) is 42.5 Å². The molecule has 0 spiro atoms. The highest BCUT2D eigenvalue weighted by Gasteiger charge is 2.11. The number of carbonyl (C=O) groups excluding carboxylic acids is 1. The number of carbonyl (C=O) groups is 1. The molecule has 0 heterocycles. The SMILES string of the molecule is N#CC#Cc1ccccc1C(=O)c1ccccc1. The molecule has 2 aromatic rings. The second kappa shape index (κ2) is 5.48. The summed E-state index contributed by atoms with van der Waals surface area (Å²) in [6, 6.07) is 17.8. The van der Waals surface area contributed by atoms with Crippen molar-refractivity contribution in [3.05, 3.63) is 71.3 Å². The van der Waals surface area contributed by atoms with Crippen LogP contribution in [0.25, 0.3) is 0 Å². The summed E-state index contributed by atoms with van der Waals surface area (Å²) in [5.41, 5.74) is 1.71. The van der Waals surface area contributed by atoms with E-state index in [9.17, 15) is 4.79 Å². The minimum Gasteiger partial charge on any atom is -0.289 e. The molecular weight excluding hydrogens is 222 g/mol. The van der Waals surface area contributed by atoms with E-state index in [4.69, 9.17) is 5.26 Å². The Morgan fingerprint density at radius 2 is 1.61 bits per heavy atom. The molecule has 0 N–H and O–H groups in total. The zero-order valence-corrected chi connectivity index (χ0v) is 9.55. The maximum absolute atomic E-state index is 12.3. The average molecular weight is 231 g/mol. The van der Waals surface area contributed by atoms with E-state index in [0.29, 0.717) is 16.7 Å². The number of benzene rings is 2. The predicted octanol–water partition coefficient (Wildman–Crippen LogP) is 2.79. The van der Waals surface area contributed by atoms with Crippen LogP contribution >= 0.6 is 0 Å². The van der Waals surface area contributed by atoms with Gasteiger partial charge in [-0.25, -0.2) is 0 Å². The van der Waals surface area contributed by atoms with Crippen LogP contribution in [0.4, 0.5) is 0 Å². The van der Waals surface area contributed by atoms with Crippen molar-refractivity contribution in [1.29, 1.82) is 5.26 Å². The molecule has 84 valence electrons. The topological polar surface area (TPSA) is 40.9 Å². The smallest absolute Gasteiger partial charge is 0.194 e. The Morgan fingerprint density at radius 3 is 2.33 bits per heavy atom. The molecule has 0 amide bonds. The largest absolute Gasteiger partial charge is 0.289 e. The van der Waals surface area contributed by atoms with Crippen molar-refractivity contribution in [2.24, 2.45) is 0 Å². The summed E-state index contributed by atoms with van der Waals surface area (Å²) >= 11 is 0. The van der Waals surface area contributed by atoms with Gasteiger partial charge in [-0.3, -0.25) is 4.79 Å². The van der Waals surface area contributed by atoms with Gasteiger partial charge in [0, 0.05) is 22.6 Å². The molecule has 0 saturated carbocycles. The van der Waals surface area contributed by atoms with Gasteiger partial charge in [0.25, 0.3) is 0 Å². The van der Waals surface area contributed by atoms with Crippen LogP contribution in [0.15, 0.2) is 54.6 Å². The first kappa shape index (κ1) is 11.6. The van der Waals surface area contributed by atoms with Gasteiger partial charge in [-0.05, 0) is 18.1 Å². The summed E-state index contributed by atoms with van der Waals surface area (Å²) in [5.74, 6) is 4.91. The summed E-state index contributed by atoms with van der Waals surface area (Å²) in [4.78, 5) is 12.3. The Kier molecular flexibility index (Phi) is 3.54. The highest BCUT2D eigenvalue weighted by molar-refractivity contribution is 6.10. The fourth-order valence-electron chi connectivity index (χ4n) is 1.63. The predicted molar refractivity (Wildman–Crippen MR) is 68.8 cm³/mol. The van der Waals surface area contributed by atoms with Crippen LogP contribution in [-0.2, 0) is 0 Å². The number of hydrogen-bond donors (Lipinski definition) is 0. The molecule has 0 aliphatic rings. The zero-order chi connectivity index (χ0) is 12.8. The van der Waals surface area contributed by atoms with Crippen molar-refractivity contribution in [2.75, 3.05) is 0 Å². The highest BCUT2D eigenvalue weighted by atomic mass is 16.1. The second-order valence-corrected chi connectivity index (χ2v) is 3.60. The molecule has 0 radical (unpaired) electrons. The number of nitriles is 1. The van der Waals surface area contributed by atoms with Crippen LogP contribution in [0, 0.1) is 23.2 Å². The fourth-order valence-corrected chi connectivity index (χ4v) is 1.63. The van der Waals surface area contributed by atoms with Gasteiger partial charge in [0.2, 0.25) is 0 Å². The molecule has 0 unspecified atom stereocenters. The quantitative estimate of drug-likeness (QED) is 0.589. The molecule has 0 fully saturated rings. The highest BCUT2D eigenvalue weighted by Crippen LogP contribution is 2.13. The van der Waals surface area contributed by atoms with E-state index >= 15 is 0 Å². The van der Waals surface area contributed by atoms with Crippen molar-refractivity contribution in [1.82, 2.24) is 0 Å². The Hall–Kier alpha value is -2.84. The third-order valence-electron chi connectivity index (χ3n) is 2.46. The molecule has 0 aliphatic heterocycles. The van der Waals surface area contributed by atoms with Gasteiger partial charge in [0.05, 0.1) is 0 Å². The molecular formula is C16H9NO.